The van der Waals surface area contributed by atoms with Crippen LogP contribution in [0.2, 0.25) is 0 Å². The van der Waals surface area contributed by atoms with Crippen molar-refractivity contribution in [2.75, 3.05) is 5.32 Å². The van der Waals surface area contributed by atoms with Gasteiger partial charge in [0.2, 0.25) is 0 Å². The number of anilines is 1. The Bertz CT molecular complexity index is 616. The van der Waals surface area contributed by atoms with Crippen LogP contribution in [0, 0.1) is 12.8 Å². The third-order valence-electron chi connectivity index (χ3n) is 4.40. The van der Waals surface area contributed by atoms with E-state index >= 15 is 0 Å². The first-order valence-electron chi connectivity index (χ1n) is 7.90. The van der Waals surface area contributed by atoms with E-state index in [9.17, 15) is 0 Å². The minimum atomic E-state index is 0.339. The number of aryl methyl sites for hydroxylation is 1. The second-order valence-corrected chi connectivity index (χ2v) is 7.34. The van der Waals surface area contributed by atoms with Crippen LogP contribution >= 0.6 is 23.6 Å². The average molecular weight is 331 g/mol. The number of thiophene rings is 1. The molecule has 3 rings (SSSR count). The molecular weight excluding hydrogens is 308 g/mol. The van der Waals surface area contributed by atoms with Gasteiger partial charge < -0.3 is 10.6 Å². The third kappa shape index (κ3) is 3.68. The SMILES string of the molecule is Cc1ccccc1NC(=S)NC(c1cccs1)C1CCCC1. The van der Waals surface area contributed by atoms with Crippen molar-refractivity contribution in [1.82, 2.24) is 5.32 Å². The van der Waals surface area contributed by atoms with Gasteiger partial charge in [-0.2, -0.15) is 0 Å². The zero-order valence-corrected chi connectivity index (χ0v) is 14.5. The van der Waals surface area contributed by atoms with Crippen molar-refractivity contribution < 1.29 is 0 Å². The fourth-order valence-corrected chi connectivity index (χ4v) is 4.30. The molecule has 1 heterocycles. The number of thiocarbonyl (C=S) groups is 1. The first kappa shape index (κ1) is 15.5. The maximum absolute atomic E-state index is 5.56. The first-order chi connectivity index (χ1) is 10.7. The molecule has 0 radical (unpaired) electrons. The fourth-order valence-electron chi connectivity index (χ4n) is 3.19. The van der Waals surface area contributed by atoms with Crippen LogP contribution in [0.25, 0.3) is 0 Å². The number of para-hydroxylation sites is 1. The highest BCUT2D eigenvalue weighted by molar-refractivity contribution is 7.80. The van der Waals surface area contributed by atoms with Gasteiger partial charge in [0.15, 0.2) is 5.11 Å². The predicted molar refractivity (Wildman–Crippen MR) is 99.6 cm³/mol. The van der Waals surface area contributed by atoms with Gasteiger partial charge in [-0.3, -0.25) is 0 Å². The first-order valence-corrected chi connectivity index (χ1v) is 9.19. The van der Waals surface area contributed by atoms with Gasteiger partial charge in [-0.15, -0.1) is 11.3 Å². The van der Waals surface area contributed by atoms with Crippen LogP contribution in [0.5, 0.6) is 0 Å². The molecule has 2 aromatic rings. The van der Waals surface area contributed by atoms with Gasteiger partial charge >= 0.3 is 0 Å². The Labute approximate surface area is 142 Å². The average Bonchev–Trinajstić information content (AvgIpc) is 3.21. The smallest absolute Gasteiger partial charge is 0.171 e. The quantitative estimate of drug-likeness (QED) is 0.746. The number of rotatable bonds is 4. The molecule has 1 fully saturated rings. The van der Waals surface area contributed by atoms with E-state index in [1.807, 2.05) is 23.5 Å². The molecule has 0 amide bonds. The Kier molecular flexibility index (Phi) is 5.11. The Morgan fingerprint density at radius 1 is 1.18 bits per heavy atom. The van der Waals surface area contributed by atoms with E-state index in [0.29, 0.717) is 12.0 Å². The Morgan fingerprint density at radius 2 is 1.95 bits per heavy atom. The van der Waals surface area contributed by atoms with E-state index in [1.54, 1.807) is 0 Å². The van der Waals surface area contributed by atoms with Crippen LogP contribution in [0.15, 0.2) is 41.8 Å². The van der Waals surface area contributed by atoms with Crippen LogP contribution < -0.4 is 10.6 Å². The topological polar surface area (TPSA) is 24.1 Å². The van der Waals surface area contributed by atoms with Crippen molar-refractivity contribution in [1.29, 1.82) is 0 Å². The van der Waals surface area contributed by atoms with Gasteiger partial charge in [-0.25, -0.2) is 0 Å². The van der Waals surface area contributed by atoms with E-state index in [0.717, 1.165) is 10.8 Å². The van der Waals surface area contributed by atoms with Gasteiger partial charge in [0.25, 0.3) is 0 Å². The summed E-state index contributed by atoms with van der Waals surface area (Å²) < 4.78 is 0. The van der Waals surface area contributed by atoms with Crippen molar-refractivity contribution in [2.45, 2.75) is 38.6 Å². The van der Waals surface area contributed by atoms with E-state index in [2.05, 4.69) is 47.2 Å². The minimum Gasteiger partial charge on any atom is -0.355 e. The molecular formula is C18H22N2S2. The van der Waals surface area contributed by atoms with Gasteiger partial charge in [-0.05, 0) is 61.0 Å². The molecule has 4 heteroatoms. The molecule has 0 aliphatic heterocycles. The summed E-state index contributed by atoms with van der Waals surface area (Å²) in [4.78, 5) is 1.39. The standard InChI is InChI=1S/C18H22N2S2/c1-13-7-2-5-10-15(13)19-18(21)20-17(14-8-3-4-9-14)16-11-6-12-22-16/h2,5-7,10-12,14,17H,3-4,8-9H2,1H3,(H2,19,20,21). The molecule has 2 N–H and O–H groups in total. The van der Waals surface area contributed by atoms with Crippen molar-refractivity contribution in [2.24, 2.45) is 5.92 Å². The van der Waals surface area contributed by atoms with E-state index < -0.39 is 0 Å². The van der Waals surface area contributed by atoms with E-state index in [4.69, 9.17) is 12.2 Å². The van der Waals surface area contributed by atoms with Gasteiger partial charge in [0.05, 0.1) is 6.04 Å². The highest BCUT2D eigenvalue weighted by atomic mass is 32.1. The summed E-state index contributed by atoms with van der Waals surface area (Å²) in [6.45, 7) is 2.10. The lowest BCUT2D eigenvalue weighted by atomic mass is 9.97. The van der Waals surface area contributed by atoms with Gasteiger partial charge in [-0.1, -0.05) is 37.1 Å². The normalized spacial score (nSPS) is 16.4. The zero-order valence-electron chi connectivity index (χ0n) is 12.8. The summed E-state index contributed by atoms with van der Waals surface area (Å²) in [7, 11) is 0. The van der Waals surface area contributed by atoms with Crippen molar-refractivity contribution in [3.8, 4) is 0 Å². The lowest BCUT2D eigenvalue weighted by molar-refractivity contribution is 0.419. The number of hydrogen-bond donors (Lipinski definition) is 2. The van der Waals surface area contributed by atoms with Crippen LogP contribution in [-0.2, 0) is 0 Å². The van der Waals surface area contributed by atoms with Crippen molar-refractivity contribution in [3.05, 3.63) is 52.2 Å². The molecule has 1 atom stereocenters. The molecule has 2 nitrogen and oxygen atoms in total. The van der Waals surface area contributed by atoms with Crippen LogP contribution in [0.3, 0.4) is 0 Å². The lowest BCUT2D eigenvalue weighted by Crippen LogP contribution is -2.35. The third-order valence-corrected chi connectivity index (χ3v) is 5.58. The summed E-state index contributed by atoms with van der Waals surface area (Å²) in [6, 6.07) is 12.9. The van der Waals surface area contributed by atoms with E-state index in [-0.39, 0.29) is 0 Å². The summed E-state index contributed by atoms with van der Waals surface area (Å²) in [5.74, 6) is 0.690. The molecule has 1 unspecified atom stereocenters. The predicted octanol–water partition coefficient (Wildman–Crippen LogP) is 5.27. The number of nitrogens with one attached hydrogen (secondary N) is 2. The lowest BCUT2D eigenvalue weighted by Gasteiger charge is -2.25. The van der Waals surface area contributed by atoms with Gasteiger partial charge in [0, 0.05) is 10.6 Å². The van der Waals surface area contributed by atoms with Crippen molar-refractivity contribution >= 4 is 34.4 Å². The molecule has 0 bridgehead atoms. The van der Waals surface area contributed by atoms with Crippen LogP contribution in [0.4, 0.5) is 5.69 Å². The number of benzene rings is 1. The monoisotopic (exact) mass is 330 g/mol. The highest BCUT2D eigenvalue weighted by Crippen LogP contribution is 2.37. The summed E-state index contributed by atoms with van der Waals surface area (Å²) in [5.41, 5.74) is 2.29. The second-order valence-electron chi connectivity index (χ2n) is 5.95. The molecule has 1 aliphatic rings. The molecule has 0 saturated heterocycles. The van der Waals surface area contributed by atoms with Gasteiger partial charge in [0.1, 0.15) is 0 Å². The van der Waals surface area contributed by atoms with Crippen molar-refractivity contribution in [3.63, 3.8) is 0 Å². The maximum Gasteiger partial charge on any atom is 0.171 e. The summed E-state index contributed by atoms with van der Waals surface area (Å²) >= 11 is 7.38. The molecule has 1 saturated carbocycles. The summed E-state index contributed by atoms with van der Waals surface area (Å²) in [5, 5.41) is 9.79. The fraction of sp³-hybridized carbons (Fsp3) is 0.389. The Balaban J connectivity index is 1.70. The minimum absolute atomic E-state index is 0.339. The van der Waals surface area contributed by atoms with Crippen LogP contribution in [0.1, 0.15) is 42.2 Å². The Morgan fingerprint density at radius 3 is 2.64 bits per heavy atom. The second kappa shape index (κ2) is 7.25. The zero-order chi connectivity index (χ0) is 15.4. The highest BCUT2D eigenvalue weighted by Gasteiger charge is 2.27. The Hall–Kier alpha value is -1.39. The summed E-state index contributed by atoms with van der Waals surface area (Å²) in [6.07, 6.45) is 5.27. The van der Waals surface area contributed by atoms with E-state index in [1.165, 1.54) is 36.1 Å². The molecule has 0 spiro atoms. The molecule has 1 aromatic carbocycles. The molecule has 116 valence electrons. The largest absolute Gasteiger partial charge is 0.355 e. The number of hydrogen-bond acceptors (Lipinski definition) is 2. The van der Waals surface area contributed by atoms with Crippen LogP contribution in [-0.4, -0.2) is 5.11 Å². The molecule has 22 heavy (non-hydrogen) atoms. The molecule has 1 aromatic heterocycles. The molecule has 1 aliphatic carbocycles. The maximum atomic E-state index is 5.56.